The van der Waals surface area contributed by atoms with Gasteiger partial charge in [-0.1, -0.05) is 11.6 Å². The van der Waals surface area contributed by atoms with Crippen molar-refractivity contribution >= 4 is 23.0 Å². The number of anilines is 2. The molecule has 0 aliphatic carbocycles. The van der Waals surface area contributed by atoms with E-state index < -0.39 is 0 Å². The summed E-state index contributed by atoms with van der Waals surface area (Å²) >= 11 is 5.89. The van der Waals surface area contributed by atoms with E-state index in [0.717, 1.165) is 11.7 Å². The van der Waals surface area contributed by atoms with Crippen LogP contribution >= 0.6 is 11.6 Å². The minimum Gasteiger partial charge on any atom is -0.355 e. The maximum Gasteiger partial charge on any atom is 0.0898 e. The van der Waals surface area contributed by atoms with Gasteiger partial charge < -0.3 is 9.80 Å². The molecule has 0 unspecified atom stereocenters. The number of nitrogens with zero attached hydrogens (tertiary/aromatic N) is 2. The molecule has 1 aliphatic rings. The Bertz CT molecular complexity index is 311. The number of benzene rings is 1. The molecule has 1 aromatic rings. The first kappa shape index (κ1) is 7.74. The molecule has 2 rings (SSSR count). The Hall–Kier alpha value is -0.890. The predicted octanol–water partition coefficient (Wildman–Crippen LogP) is 2.18. The zero-order chi connectivity index (χ0) is 8.72. The van der Waals surface area contributed by atoms with E-state index >= 15 is 0 Å². The van der Waals surface area contributed by atoms with E-state index in [4.69, 9.17) is 11.6 Å². The van der Waals surface area contributed by atoms with Crippen LogP contribution in [0.5, 0.6) is 0 Å². The van der Waals surface area contributed by atoms with Crippen LogP contribution in [-0.4, -0.2) is 20.8 Å². The van der Waals surface area contributed by atoms with Gasteiger partial charge in [-0.15, -0.1) is 0 Å². The molecular formula is C9H11ClN2. The van der Waals surface area contributed by atoms with Gasteiger partial charge in [-0.25, -0.2) is 0 Å². The minimum atomic E-state index is 0.802. The van der Waals surface area contributed by atoms with Crippen molar-refractivity contribution < 1.29 is 0 Å². The van der Waals surface area contributed by atoms with Gasteiger partial charge in [0, 0.05) is 19.1 Å². The fourth-order valence-corrected chi connectivity index (χ4v) is 1.76. The summed E-state index contributed by atoms with van der Waals surface area (Å²) in [5.41, 5.74) is 2.46. The molecule has 0 aromatic heterocycles. The summed E-state index contributed by atoms with van der Waals surface area (Å²) in [6.45, 7) is 0.940. The Morgan fingerprint density at radius 3 is 2.58 bits per heavy atom. The van der Waals surface area contributed by atoms with E-state index in [-0.39, 0.29) is 0 Å². The maximum absolute atomic E-state index is 5.89. The van der Waals surface area contributed by atoms with E-state index in [1.54, 1.807) is 0 Å². The van der Waals surface area contributed by atoms with E-state index in [2.05, 4.69) is 30.0 Å². The van der Waals surface area contributed by atoms with E-state index in [9.17, 15) is 0 Å². The summed E-state index contributed by atoms with van der Waals surface area (Å²) in [6, 6.07) is 5.98. The van der Waals surface area contributed by atoms with Crippen LogP contribution in [0.3, 0.4) is 0 Å². The van der Waals surface area contributed by atoms with E-state index in [0.29, 0.717) is 0 Å². The first-order valence-electron chi connectivity index (χ1n) is 3.90. The Kier molecular flexibility index (Phi) is 1.65. The normalized spacial score (nSPS) is 15.2. The molecule has 0 N–H and O–H groups in total. The van der Waals surface area contributed by atoms with Crippen LogP contribution in [0, 0.1) is 0 Å². The lowest BCUT2D eigenvalue weighted by Gasteiger charge is -2.11. The second kappa shape index (κ2) is 2.56. The van der Waals surface area contributed by atoms with Crippen molar-refractivity contribution in [1.29, 1.82) is 0 Å². The van der Waals surface area contributed by atoms with E-state index in [1.807, 2.05) is 12.1 Å². The lowest BCUT2D eigenvalue weighted by Crippen LogP contribution is -2.23. The maximum atomic E-state index is 5.89. The van der Waals surface area contributed by atoms with Gasteiger partial charge in [-0.05, 0) is 18.2 Å². The van der Waals surface area contributed by atoms with Crippen LogP contribution in [0.1, 0.15) is 0 Å². The third-order valence-corrected chi connectivity index (χ3v) is 2.42. The van der Waals surface area contributed by atoms with Crippen molar-refractivity contribution in [3.8, 4) is 0 Å². The summed E-state index contributed by atoms with van der Waals surface area (Å²) in [4.78, 5) is 4.38. The minimum absolute atomic E-state index is 0.802. The highest BCUT2D eigenvalue weighted by Gasteiger charge is 2.19. The molecule has 0 spiro atoms. The SMILES string of the molecule is CN1CN(C)c2cc(Cl)ccc21. The van der Waals surface area contributed by atoms with Crippen molar-refractivity contribution in [2.75, 3.05) is 30.6 Å². The standard InChI is InChI=1S/C9H11ClN2/c1-11-6-12(2)9-5-7(10)3-4-8(9)11/h3-5H,6H2,1-2H3. The lowest BCUT2D eigenvalue weighted by molar-refractivity contribution is 0.916. The quantitative estimate of drug-likeness (QED) is 0.607. The molecule has 0 saturated carbocycles. The second-order valence-electron chi connectivity index (χ2n) is 3.17. The molecule has 1 heterocycles. The van der Waals surface area contributed by atoms with Crippen LogP contribution in [0.2, 0.25) is 5.02 Å². The first-order chi connectivity index (χ1) is 5.68. The Labute approximate surface area is 77.3 Å². The summed E-state index contributed by atoms with van der Waals surface area (Å²) in [6.07, 6.45) is 0. The Morgan fingerprint density at radius 1 is 1.17 bits per heavy atom. The van der Waals surface area contributed by atoms with Gasteiger partial charge in [0.2, 0.25) is 0 Å². The molecule has 0 saturated heterocycles. The lowest BCUT2D eigenvalue weighted by atomic mass is 10.2. The van der Waals surface area contributed by atoms with Gasteiger partial charge in [0.15, 0.2) is 0 Å². The van der Waals surface area contributed by atoms with Crippen molar-refractivity contribution in [2.24, 2.45) is 0 Å². The van der Waals surface area contributed by atoms with Gasteiger partial charge >= 0.3 is 0 Å². The topological polar surface area (TPSA) is 6.48 Å². The third kappa shape index (κ3) is 1.03. The molecule has 0 radical (unpaired) electrons. The smallest absolute Gasteiger partial charge is 0.0898 e. The highest BCUT2D eigenvalue weighted by atomic mass is 35.5. The Morgan fingerprint density at radius 2 is 1.83 bits per heavy atom. The monoisotopic (exact) mass is 182 g/mol. The van der Waals surface area contributed by atoms with Crippen LogP contribution < -0.4 is 9.80 Å². The number of rotatable bonds is 0. The fraction of sp³-hybridized carbons (Fsp3) is 0.333. The third-order valence-electron chi connectivity index (χ3n) is 2.18. The van der Waals surface area contributed by atoms with Gasteiger partial charge in [0.25, 0.3) is 0 Å². The first-order valence-corrected chi connectivity index (χ1v) is 4.28. The van der Waals surface area contributed by atoms with E-state index in [1.165, 1.54) is 11.4 Å². The molecule has 0 atom stereocenters. The highest BCUT2D eigenvalue weighted by Crippen LogP contribution is 2.35. The average Bonchev–Trinajstić information content (AvgIpc) is 2.28. The van der Waals surface area contributed by atoms with Gasteiger partial charge in [0.1, 0.15) is 0 Å². The van der Waals surface area contributed by atoms with Crippen molar-refractivity contribution in [2.45, 2.75) is 0 Å². The zero-order valence-corrected chi connectivity index (χ0v) is 7.97. The average molecular weight is 183 g/mol. The second-order valence-corrected chi connectivity index (χ2v) is 3.61. The number of hydrogen-bond acceptors (Lipinski definition) is 2. The summed E-state index contributed by atoms with van der Waals surface area (Å²) in [5.74, 6) is 0. The molecule has 0 bridgehead atoms. The number of fused-ring (bicyclic) bond motifs is 1. The Balaban J connectivity index is 2.53. The van der Waals surface area contributed by atoms with Crippen LogP contribution in [0.15, 0.2) is 18.2 Å². The molecule has 0 amide bonds. The molecule has 12 heavy (non-hydrogen) atoms. The molecular weight excluding hydrogens is 172 g/mol. The van der Waals surface area contributed by atoms with Crippen LogP contribution in [0.4, 0.5) is 11.4 Å². The highest BCUT2D eigenvalue weighted by molar-refractivity contribution is 6.31. The van der Waals surface area contributed by atoms with Crippen molar-refractivity contribution in [3.63, 3.8) is 0 Å². The summed E-state index contributed by atoms with van der Waals surface area (Å²) in [7, 11) is 4.15. The molecule has 0 fully saturated rings. The molecule has 64 valence electrons. The molecule has 1 aliphatic heterocycles. The number of halogens is 1. The van der Waals surface area contributed by atoms with Gasteiger partial charge in [-0.2, -0.15) is 0 Å². The van der Waals surface area contributed by atoms with Crippen LogP contribution in [0.25, 0.3) is 0 Å². The molecule has 1 aromatic carbocycles. The largest absolute Gasteiger partial charge is 0.355 e. The van der Waals surface area contributed by atoms with Crippen molar-refractivity contribution in [1.82, 2.24) is 0 Å². The fourth-order valence-electron chi connectivity index (χ4n) is 1.60. The predicted molar refractivity (Wildman–Crippen MR) is 53.1 cm³/mol. The number of hydrogen-bond donors (Lipinski definition) is 0. The van der Waals surface area contributed by atoms with Gasteiger partial charge in [-0.3, -0.25) is 0 Å². The summed E-state index contributed by atoms with van der Waals surface area (Å²) in [5, 5.41) is 0.802. The molecule has 2 nitrogen and oxygen atoms in total. The van der Waals surface area contributed by atoms with Crippen LogP contribution in [-0.2, 0) is 0 Å². The molecule has 3 heteroatoms. The van der Waals surface area contributed by atoms with Gasteiger partial charge in [0.05, 0.1) is 18.0 Å². The summed E-state index contributed by atoms with van der Waals surface area (Å²) < 4.78 is 0. The zero-order valence-electron chi connectivity index (χ0n) is 7.21. The van der Waals surface area contributed by atoms with Crippen molar-refractivity contribution in [3.05, 3.63) is 23.2 Å².